The number of halogens is 1. The van der Waals surface area contributed by atoms with Crippen LogP contribution < -0.4 is 0 Å². The molecule has 1 aromatic heterocycles. The van der Waals surface area contributed by atoms with Crippen LogP contribution in [-0.4, -0.2) is 27.0 Å². The molecule has 1 aliphatic carbocycles. The van der Waals surface area contributed by atoms with Crippen LogP contribution in [0.1, 0.15) is 12.2 Å². The zero-order valence-corrected chi connectivity index (χ0v) is 15.0. The first-order chi connectivity index (χ1) is 12.6. The Balaban J connectivity index is 1.50. The van der Waals surface area contributed by atoms with Gasteiger partial charge in [0.25, 0.3) is 5.91 Å². The highest BCUT2D eigenvalue weighted by Crippen LogP contribution is 2.27. The normalized spacial score (nSPS) is 18.9. The molecule has 0 bridgehead atoms. The number of imidazole rings is 1. The van der Waals surface area contributed by atoms with Gasteiger partial charge in [0.05, 0.1) is 11.4 Å². The van der Waals surface area contributed by atoms with Crippen LogP contribution in [0.2, 0.25) is 0 Å². The monoisotopic (exact) mass is 364 g/mol. The third kappa shape index (κ3) is 3.18. The summed E-state index contributed by atoms with van der Waals surface area (Å²) in [6, 6.07) is 10.1. The van der Waals surface area contributed by atoms with Crippen molar-refractivity contribution >= 4 is 29.1 Å². The number of carbonyl (C=O) groups is 1. The second-order valence-electron chi connectivity index (χ2n) is 6.27. The Bertz CT molecular complexity index is 982. The molecule has 0 N–H and O–H groups in total. The van der Waals surface area contributed by atoms with Crippen LogP contribution in [-0.2, 0) is 18.3 Å². The molecule has 5 nitrogen and oxygen atoms in total. The number of fused-ring (bicyclic) bond motifs is 1. The Kier molecular flexibility index (Phi) is 4.39. The second kappa shape index (κ2) is 6.84. The van der Waals surface area contributed by atoms with Gasteiger partial charge in [0.1, 0.15) is 17.6 Å². The van der Waals surface area contributed by atoms with Crippen LogP contribution in [0, 0.1) is 5.92 Å². The number of amides is 1. The van der Waals surface area contributed by atoms with Gasteiger partial charge in [-0.1, -0.05) is 48.0 Å². The van der Waals surface area contributed by atoms with Gasteiger partial charge in [-0.2, -0.15) is 4.99 Å². The van der Waals surface area contributed by atoms with Crippen molar-refractivity contribution in [2.24, 2.45) is 23.0 Å². The third-order valence-corrected chi connectivity index (χ3v) is 4.80. The van der Waals surface area contributed by atoms with Crippen LogP contribution in [0.3, 0.4) is 0 Å². The fourth-order valence-electron chi connectivity index (χ4n) is 3.10. The molecular formula is C20H17ClN4O. The molecule has 6 heteroatoms. The highest BCUT2D eigenvalue weighted by atomic mass is 35.5. The van der Waals surface area contributed by atoms with Crippen molar-refractivity contribution in [1.82, 2.24) is 9.55 Å². The number of carbonyl (C=O) groups excluding carboxylic acids is 1. The smallest absolute Gasteiger partial charge is 0.261 e. The van der Waals surface area contributed by atoms with Crippen LogP contribution in [0.25, 0.3) is 11.3 Å². The van der Waals surface area contributed by atoms with E-state index in [2.05, 4.69) is 9.98 Å². The summed E-state index contributed by atoms with van der Waals surface area (Å²) >= 11 is 6.11. The molecule has 1 amide bonds. The lowest BCUT2D eigenvalue weighted by Crippen LogP contribution is -2.29. The van der Waals surface area contributed by atoms with Crippen molar-refractivity contribution in [3.05, 3.63) is 65.6 Å². The van der Waals surface area contributed by atoms with E-state index in [0.717, 1.165) is 17.1 Å². The number of nitrogens with zero attached hydrogens (tertiary/aromatic N) is 4. The maximum atomic E-state index is 12.3. The third-order valence-electron chi connectivity index (χ3n) is 4.45. The van der Waals surface area contributed by atoms with Crippen molar-refractivity contribution < 1.29 is 4.79 Å². The van der Waals surface area contributed by atoms with Crippen molar-refractivity contribution in [3.63, 3.8) is 0 Å². The standard InChI is InChI=1S/C20H17ClN4O/c1-25-12-16(13-6-3-2-4-7-13)23-18(25)11-10-17-22-15-9-5-8-14(21)19(15)20(26)24-17/h2-9,12,19H,10-11H2,1H3. The average molecular weight is 365 g/mol. The van der Waals surface area contributed by atoms with Gasteiger partial charge >= 0.3 is 0 Å². The Hall–Kier alpha value is -2.79. The molecule has 0 saturated heterocycles. The summed E-state index contributed by atoms with van der Waals surface area (Å²) in [6.45, 7) is 0. The Labute approximate surface area is 156 Å². The summed E-state index contributed by atoms with van der Waals surface area (Å²) in [6.07, 6.45) is 8.55. The SMILES string of the molecule is Cn1cc(-c2ccccc2)nc1CCC1=NC(=O)C2C(Cl)=CC=CC2=N1. The van der Waals surface area contributed by atoms with Crippen molar-refractivity contribution in [2.75, 3.05) is 0 Å². The van der Waals surface area contributed by atoms with Gasteiger partial charge in [-0.25, -0.2) is 9.98 Å². The van der Waals surface area contributed by atoms with Crippen molar-refractivity contribution in [2.45, 2.75) is 12.8 Å². The van der Waals surface area contributed by atoms with Gasteiger partial charge in [-0.05, 0) is 12.2 Å². The lowest BCUT2D eigenvalue weighted by Gasteiger charge is -2.20. The van der Waals surface area contributed by atoms with E-state index in [0.29, 0.717) is 29.4 Å². The topological polar surface area (TPSA) is 59.6 Å². The van der Waals surface area contributed by atoms with E-state index in [1.165, 1.54) is 0 Å². The minimum atomic E-state index is -0.539. The minimum Gasteiger partial charge on any atom is -0.337 e. The van der Waals surface area contributed by atoms with Gasteiger partial charge in [0.15, 0.2) is 0 Å². The van der Waals surface area contributed by atoms with E-state index in [-0.39, 0.29) is 5.91 Å². The molecule has 1 unspecified atom stereocenters. The number of aryl methyl sites for hydroxylation is 2. The van der Waals surface area contributed by atoms with Crippen LogP contribution >= 0.6 is 11.6 Å². The number of aliphatic imine (C=N–C) groups is 2. The van der Waals surface area contributed by atoms with E-state index in [9.17, 15) is 4.79 Å². The first-order valence-electron chi connectivity index (χ1n) is 8.43. The first kappa shape index (κ1) is 16.7. The Morgan fingerprint density at radius 3 is 2.77 bits per heavy atom. The molecule has 1 aromatic carbocycles. The number of allylic oxidation sites excluding steroid dienone is 3. The summed E-state index contributed by atoms with van der Waals surface area (Å²) in [7, 11) is 1.97. The van der Waals surface area contributed by atoms with E-state index in [1.54, 1.807) is 12.2 Å². The van der Waals surface area contributed by atoms with E-state index in [4.69, 9.17) is 16.6 Å². The largest absolute Gasteiger partial charge is 0.337 e. The van der Waals surface area contributed by atoms with Gasteiger partial charge < -0.3 is 4.57 Å². The molecule has 1 aliphatic heterocycles. The van der Waals surface area contributed by atoms with Gasteiger partial charge in [-0.15, -0.1) is 0 Å². The van der Waals surface area contributed by atoms with Crippen molar-refractivity contribution in [3.8, 4) is 11.3 Å². The van der Waals surface area contributed by atoms with Gasteiger partial charge in [0, 0.05) is 36.7 Å². The highest BCUT2D eigenvalue weighted by Gasteiger charge is 2.31. The van der Waals surface area contributed by atoms with Crippen molar-refractivity contribution in [1.29, 1.82) is 0 Å². The number of hydrogen-bond acceptors (Lipinski definition) is 3. The highest BCUT2D eigenvalue weighted by molar-refractivity contribution is 6.37. The predicted octanol–water partition coefficient (Wildman–Crippen LogP) is 3.71. The summed E-state index contributed by atoms with van der Waals surface area (Å²) in [5, 5.41) is 0.468. The summed E-state index contributed by atoms with van der Waals surface area (Å²) in [5.41, 5.74) is 2.68. The molecule has 26 heavy (non-hydrogen) atoms. The number of amidine groups is 1. The molecule has 0 fully saturated rings. The zero-order chi connectivity index (χ0) is 18.1. The quantitative estimate of drug-likeness (QED) is 0.830. The lowest BCUT2D eigenvalue weighted by molar-refractivity contribution is -0.118. The number of aromatic nitrogens is 2. The van der Waals surface area contributed by atoms with Crippen LogP contribution in [0.15, 0.2) is 69.8 Å². The predicted molar refractivity (Wildman–Crippen MR) is 103 cm³/mol. The molecule has 2 aromatic rings. The van der Waals surface area contributed by atoms with Crippen LogP contribution in [0.5, 0.6) is 0 Å². The molecule has 0 spiro atoms. The number of hydrogen-bond donors (Lipinski definition) is 0. The lowest BCUT2D eigenvalue weighted by atomic mass is 9.96. The minimum absolute atomic E-state index is 0.250. The van der Waals surface area contributed by atoms with E-state index >= 15 is 0 Å². The molecule has 130 valence electrons. The molecule has 1 atom stereocenters. The summed E-state index contributed by atoms with van der Waals surface area (Å²) < 4.78 is 2.00. The Morgan fingerprint density at radius 2 is 1.96 bits per heavy atom. The maximum Gasteiger partial charge on any atom is 0.261 e. The molecule has 0 radical (unpaired) electrons. The van der Waals surface area contributed by atoms with Gasteiger partial charge in [0.2, 0.25) is 0 Å². The zero-order valence-electron chi connectivity index (χ0n) is 14.3. The fraction of sp³-hybridized carbons (Fsp3) is 0.200. The number of rotatable bonds is 4. The molecule has 2 heterocycles. The summed E-state index contributed by atoms with van der Waals surface area (Å²) in [5.74, 6) is 0.670. The summed E-state index contributed by atoms with van der Waals surface area (Å²) in [4.78, 5) is 25.6. The van der Waals surface area contributed by atoms with E-state index in [1.807, 2.05) is 54.2 Å². The molecular weight excluding hydrogens is 348 g/mol. The number of benzene rings is 1. The Morgan fingerprint density at radius 1 is 1.15 bits per heavy atom. The van der Waals surface area contributed by atoms with Gasteiger partial charge in [-0.3, -0.25) is 4.79 Å². The average Bonchev–Trinajstić information content (AvgIpc) is 3.01. The first-order valence-corrected chi connectivity index (χ1v) is 8.81. The second-order valence-corrected chi connectivity index (χ2v) is 6.70. The molecule has 4 rings (SSSR count). The van der Waals surface area contributed by atoms with Crippen LogP contribution in [0.4, 0.5) is 0 Å². The fourth-order valence-corrected chi connectivity index (χ4v) is 3.38. The molecule has 2 aliphatic rings. The maximum absolute atomic E-state index is 12.3. The molecule has 0 saturated carbocycles. The van der Waals surface area contributed by atoms with E-state index < -0.39 is 5.92 Å².